The third kappa shape index (κ3) is 5.08. The van der Waals surface area contributed by atoms with Crippen LogP contribution in [0.25, 0.3) is 0 Å². The highest BCUT2D eigenvalue weighted by Gasteiger charge is 2.16. The molecule has 0 unspecified atom stereocenters. The van der Waals surface area contributed by atoms with E-state index in [9.17, 15) is 4.79 Å². The molecule has 156 valence electrons. The van der Waals surface area contributed by atoms with E-state index in [0.29, 0.717) is 23.1 Å². The molecule has 1 aliphatic rings. The zero-order chi connectivity index (χ0) is 20.8. The van der Waals surface area contributed by atoms with Crippen molar-refractivity contribution in [3.05, 3.63) is 53.3 Å². The number of carbonyl (C=O) groups excluding carboxylic acids is 1. The molecule has 3 aromatic heterocycles. The Kier molecular flexibility index (Phi) is 6.45. The molecule has 4 heterocycles. The Morgan fingerprint density at radius 1 is 1.17 bits per heavy atom. The maximum absolute atomic E-state index is 12.2. The van der Waals surface area contributed by atoms with Gasteiger partial charge >= 0.3 is 0 Å². The lowest BCUT2D eigenvalue weighted by Crippen LogP contribution is -2.46. The van der Waals surface area contributed by atoms with Crippen LogP contribution in [-0.4, -0.2) is 63.7 Å². The summed E-state index contributed by atoms with van der Waals surface area (Å²) in [4.78, 5) is 25.8. The molecule has 4 rings (SSSR count). The number of aromatic nitrogens is 4. The molecule has 2 N–H and O–H groups in total. The average molecular weight is 425 g/mol. The lowest BCUT2D eigenvalue weighted by molar-refractivity contribution is 0.102. The summed E-state index contributed by atoms with van der Waals surface area (Å²) in [6.07, 6.45) is 3.40. The van der Waals surface area contributed by atoms with Crippen LogP contribution in [0.3, 0.4) is 0 Å². The fraction of sp³-hybridized carbons (Fsp3) is 0.350. The van der Waals surface area contributed by atoms with Crippen LogP contribution in [0.4, 0.5) is 16.8 Å². The van der Waals surface area contributed by atoms with Crippen LogP contribution in [0.1, 0.15) is 22.8 Å². The van der Waals surface area contributed by atoms with E-state index in [1.807, 2.05) is 12.3 Å². The lowest BCUT2D eigenvalue weighted by atomic mass is 10.2. The van der Waals surface area contributed by atoms with Gasteiger partial charge in [0, 0.05) is 45.1 Å². The van der Waals surface area contributed by atoms with Crippen molar-refractivity contribution in [1.29, 1.82) is 0 Å². The van der Waals surface area contributed by atoms with Crippen molar-refractivity contribution in [3.63, 3.8) is 0 Å². The molecule has 0 aromatic carbocycles. The maximum atomic E-state index is 12.2. The molecule has 1 amide bonds. The SMILES string of the molecule is CCN1CCN(c2cc(CNc3ccc(C(=O)Nc4nncs4)cn3)ccn2)CC1. The van der Waals surface area contributed by atoms with E-state index in [4.69, 9.17) is 0 Å². The molecule has 3 aromatic rings. The molecule has 1 saturated heterocycles. The normalized spacial score (nSPS) is 14.5. The Balaban J connectivity index is 1.32. The van der Waals surface area contributed by atoms with Gasteiger partial charge in [-0.15, -0.1) is 10.2 Å². The summed E-state index contributed by atoms with van der Waals surface area (Å²) < 4.78 is 0. The van der Waals surface area contributed by atoms with Crippen LogP contribution in [-0.2, 0) is 6.54 Å². The number of nitrogens with one attached hydrogen (secondary N) is 2. The van der Waals surface area contributed by atoms with Crippen molar-refractivity contribution in [3.8, 4) is 0 Å². The number of carbonyl (C=O) groups is 1. The fourth-order valence-corrected chi connectivity index (χ4v) is 3.70. The number of piperazine rings is 1. The number of likely N-dealkylation sites (N-methyl/N-ethyl adjacent to an activating group) is 1. The zero-order valence-electron chi connectivity index (χ0n) is 16.8. The topological polar surface area (TPSA) is 99.2 Å². The van der Waals surface area contributed by atoms with Gasteiger partial charge in [0.05, 0.1) is 5.56 Å². The highest BCUT2D eigenvalue weighted by molar-refractivity contribution is 7.13. The minimum atomic E-state index is -0.257. The van der Waals surface area contributed by atoms with Crippen LogP contribution >= 0.6 is 11.3 Å². The molecule has 30 heavy (non-hydrogen) atoms. The molecule has 1 fully saturated rings. The number of hydrogen-bond acceptors (Lipinski definition) is 9. The van der Waals surface area contributed by atoms with Crippen LogP contribution in [0.15, 0.2) is 42.2 Å². The van der Waals surface area contributed by atoms with Gasteiger partial charge in [0.15, 0.2) is 0 Å². The summed E-state index contributed by atoms with van der Waals surface area (Å²) in [5.74, 6) is 1.46. The first-order chi connectivity index (χ1) is 14.7. The quantitative estimate of drug-likeness (QED) is 0.596. The van der Waals surface area contributed by atoms with E-state index in [1.165, 1.54) is 11.3 Å². The van der Waals surface area contributed by atoms with Gasteiger partial charge in [0.25, 0.3) is 5.91 Å². The van der Waals surface area contributed by atoms with Gasteiger partial charge in [-0.1, -0.05) is 18.3 Å². The fourth-order valence-electron chi connectivity index (χ4n) is 3.26. The van der Waals surface area contributed by atoms with Crippen LogP contribution < -0.4 is 15.5 Å². The number of hydrogen-bond donors (Lipinski definition) is 2. The van der Waals surface area contributed by atoms with Gasteiger partial charge in [0.1, 0.15) is 17.1 Å². The highest BCUT2D eigenvalue weighted by Crippen LogP contribution is 2.16. The van der Waals surface area contributed by atoms with E-state index in [1.54, 1.807) is 23.8 Å². The Labute approximate surface area is 179 Å². The Bertz CT molecular complexity index is 955. The number of anilines is 3. The second-order valence-corrected chi connectivity index (χ2v) is 7.76. The monoisotopic (exact) mass is 424 g/mol. The summed E-state index contributed by atoms with van der Waals surface area (Å²) in [5.41, 5.74) is 3.17. The highest BCUT2D eigenvalue weighted by atomic mass is 32.1. The van der Waals surface area contributed by atoms with Gasteiger partial charge in [-0.3, -0.25) is 10.1 Å². The second kappa shape index (κ2) is 9.59. The minimum absolute atomic E-state index is 0.257. The first-order valence-corrected chi connectivity index (χ1v) is 10.8. The van der Waals surface area contributed by atoms with Crippen molar-refractivity contribution >= 4 is 34.0 Å². The molecule has 1 aliphatic heterocycles. The van der Waals surface area contributed by atoms with E-state index in [0.717, 1.165) is 44.1 Å². The van der Waals surface area contributed by atoms with Crippen LogP contribution in [0.5, 0.6) is 0 Å². The molecule has 10 heteroatoms. The van der Waals surface area contributed by atoms with E-state index in [2.05, 4.69) is 53.6 Å². The smallest absolute Gasteiger partial charge is 0.259 e. The van der Waals surface area contributed by atoms with Crippen LogP contribution in [0.2, 0.25) is 0 Å². The molecular weight excluding hydrogens is 400 g/mol. The predicted octanol–water partition coefficient (Wildman–Crippen LogP) is 2.33. The van der Waals surface area contributed by atoms with Crippen molar-refractivity contribution in [1.82, 2.24) is 25.1 Å². The number of nitrogens with zero attached hydrogens (tertiary/aromatic N) is 6. The number of pyridine rings is 2. The first kappa shape index (κ1) is 20.2. The Hall–Kier alpha value is -3.11. The largest absolute Gasteiger partial charge is 0.366 e. The summed E-state index contributed by atoms with van der Waals surface area (Å²) in [5, 5.41) is 14.0. The maximum Gasteiger partial charge on any atom is 0.259 e. The first-order valence-electron chi connectivity index (χ1n) is 9.91. The third-order valence-corrected chi connectivity index (χ3v) is 5.64. The van der Waals surface area contributed by atoms with Crippen molar-refractivity contribution < 1.29 is 4.79 Å². The molecule has 0 atom stereocenters. The summed E-state index contributed by atoms with van der Waals surface area (Å²) in [6, 6.07) is 7.65. The molecule has 0 radical (unpaired) electrons. The van der Waals surface area contributed by atoms with Gasteiger partial charge in [-0.25, -0.2) is 9.97 Å². The standard InChI is InChI=1S/C20H24N8OS/c1-2-27-7-9-28(10-8-27)18-11-15(5-6-21-18)12-22-17-4-3-16(13-23-17)19(29)25-20-26-24-14-30-20/h3-6,11,13-14H,2,7-10,12H2,1H3,(H,22,23)(H,25,26,29). The minimum Gasteiger partial charge on any atom is -0.366 e. The van der Waals surface area contributed by atoms with E-state index < -0.39 is 0 Å². The second-order valence-electron chi connectivity index (χ2n) is 6.93. The summed E-state index contributed by atoms with van der Waals surface area (Å²) >= 11 is 1.27. The Morgan fingerprint density at radius 2 is 2.03 bits per heavy atom. The summed E-state index contributed by atoms with van der Waals surface area (Å²) in [7, 11) is 0. The van der Waals surface area contributed by atoms with E-state index in [-0.39, 0.29) is 5.91 Å². The van der Waals surface area contributed by atoms with Gasteiger partial charge in [-0.2, -0.15) is 0 Å². The van der Waals surface area contributed by atoms with Gasteiger partial charge in [0.2, 0.25) is 5.13 Å². The molecule has 9 nitrogen and oxygen atoms in total. The average Bonchev–Trinajstić information content (AvgIpc) is 3.31. The van der Waals surface area contributed by atoms with E-state index >= 15 is 0 Å². The predicted molar refractivity (Wildman–Crippen MR) is 118 cm³/mol. The third-order valence-electron chi connectivity index (χ3n) is 5.03. The van der Waals surface area contributed by atoms with Crippen molar-refractivity contribution in [2.24, 2.45) is 0 Å². The van der Waals surface area contributed by atoms with Gasteiger partial charge in [-0.05, 0) is 36.4 Å². The molecule has 0 bridgehead atoms. The zero-order valence-corrected chi connectivity index (χ0v) is 17.6. The van der Waals surface area contributed by atoms with Gasteiger partial charge < -0.3 is 15.1 Å². The van der Waals surface area contributed by atoms with Crippen molar-refractivity contribution in [2.45, 2.75) is 13.5 Å². The lowest BCUT2D eigenvalue weighted by Gasteiger charge is -2.34. The number of amides is 1. The Morgan fingerprint density at radius 3 is 2.73 bits per heavy atom. The van der Waals surface area contributed by atoms with Crippen molar-refractivity contribution in [2.75, 3.05) is 48.3 Å². The molecular formula is C20H24N8OS. The molecule has 0 spiro atoms. The molecule has 0 aliphatic carbocycles. The number of rotatable bonds is 7. The van der Waals surface area contributed by atoms with Crippen LogP contribution in [0, 0.1) is 0 Å². The summed E-state index contributed by atoms with van der Waals surface area (Å²) in [6.45, 7) is 8.08. The molecule has 0 saturated carbocycles.